The zero-order chi connectivity index (χ0) is 26.3. The molecule has 0 aromatic rings. The van der Waals surface area contributed by atoms with Gasteiger partial charge in [0.15, 0.2) is 0 Å². The maximum Gasteiger partial charge on any atom is 0.328 e. The molecule has 34 heavy (non-hydrogen) atoms. The molecule has 0 spiro atoms. The maximum absolute atomic E-state index is 15.2. The van der Waals surface area contributed by atoms with Crippen molar-refractivity contribution in [3.05, 3.63) is 0 Å². The van der Waals surface area contributed by atoms with Gasteiger partial charge in [-0.2, -0.15) is 4.94 Å². The zero-order valence-electron chi connectivity index (χ0n) is 23.2. The van der Waals surface area contributed by atoms with Gasteiger partial charge in [0.1, 0.15) is 0 Å². The van der Waals surface area contributed by atoms with Crippen LogP contribution in [0.3, 0.4) is 0 Å². The Balaban J connectivity index is 7.23. The van der Waals surface area contributed by atoms with Gasteiger partial charge in [-0.1, -0.05) is 41.0 Å². The van der Waals surface area contributed by atoms with Crippen LogP contribution in [0.25, 0.3) is 0 Å². The van der Waals surface area contributed by atoms with Gasteiger partial charge in [-0.25, -0.2) is 0 Å². The number of hydrogen-bond acceptors (Lipinski definition) is 8. The highest BCUT2D eigenvalue weighted by Gasteiger charge is 2.74. The van der Waals surface area contributed by atoms with Gasteiger partial charge in [0, 0.05) is 13.7 Å². The van der Waals surface area contributed by atoms with E-state index in [0.29, 0.717) is 19.3 Å². The molecule has 0 rings (SSSR count). The van der Waals surface area contributed by atoms with Crippen molar-refractivity contribution in [2.75, 3.05) is 40.1 Å². The summed E-state index contributed by atoms with van der Waals surface area (Å²) in [6.07, 6.45) is 1.95. The van der Waals surface area contributed by atoms with Crippen molar-refractivity contribution >= 4 is 0 Å². The molecule has 0 bridgehead atoms. The van der Waals surface area contributed by atoms with Crippen LogP contribution in [0.5, 0.6) is 0 Å². The predicted molar refractivity (Wildman–Crippen MR) is 129 cm³/mol. The Bertz CT molecular complexity index is 509. The molecule has 4 atom stereocenters. The van der Waals surface area contributed by atoms with Crippen LogP contribution in [0.1, 0.15) is 88.0 Å². The van der Waals surface area contributed by atoms with Crippen LogP contribution in [0, 0.1) is 5.92 Å². The van der Waals surface area contributed by atoms with E-state index in [2.05, 4.69) is 0 Å². The molecule has 0 N–H and O–H groups in total. The molecule has 0 aliphatic rings. The predicted octanol–water partition coefficient (Wildman–Crippen LogP) is 5.77. The summed E-state index contributed by atoms with van der Waals surface area (Å²) in [4.78, 5) is 4.79. The number of hydrogen-bond donors (Lipinski definition) is 0. The summed E-state index contributed by atoms with van der Waals surface area (Å²) in [7, 11) is 1.42. The minimum absolute atomic E-state index is 0.0820. The summed E-state index contributed by atoms with van der Waals surface area (Å²) in [5.41, 5.74) is -2.25. The Kier molecular flexibility index (Phi) is 16.9. The molecule has 9 heteroatoms. The summed E-state index contributed by atoms with van der Waals surface area (Å²) in [5.74, 6) is -4.13. The topological polar surface area (TPSA) is 73.8 Å². The van der Waals surface area contributed by atoms with Gasteiger partial charge in [-0.15, -0.1) is 0 Å². The Labute approximate surface area is 206 Å². The normalized spacial score (nSPS) is 18.6. The molecule has 0 aliphatic carbocycles. The first-order valence-electron chi connectivity index (χ1n) is 12.8. The van der Waals surface area contributed by atoms with Crippen molar-refractivity contribution in [1.82, 2.24) is 0 Å². The second kappa shape index (κ2) is 17.1. The number of unbranched alkanes of at least 4 members (excludes halogenated alkanes) is 1. The first-order chi connectivity index (χ1) is 16.1. The van der Waals surface area contributed by atoms with Crippen LogP contribution < -0.4 is 0 Å². The third-order valence-electron chi connectivity index (χ3n) is 5.02. The zero-order valence-corrected chi connectivity index (χ0v) is 23.2. The highest BCUT2D eigenvalue weighted by molar-refractivity contribution is 5.01. The van der Waals surface area contributed by atoms with Crippen LogP contribution >= 0.6 is 0 Å². The molecule has 4 unspecified atom stereocenters. The average Bonchev–Trinajstić information content (AvgIpc) is 2.79. The first-order valence-corrected chi connectivity index (χ1v) is 12.8. The fourth-order valence-corrected chi connectivity index (χ4v) is 3.27. The summed E-state index contributed by atoms with van der Waals surface area (Å²) in [6, 6.07) is 0. The SMILES string of the molecule is CCCCOC(OCC(C)C)(OC(C)CC)C(COC)(OF)C(OCC)(OCCC)OC(C)C. The monoisotopic (exact) mass is 498 g/mol. The van der Waals surface area contributed by atoms with Gasteiger partial charge in [0.05, 0.1) is 38.6 Å². The largest absolute Gasteiger partial charge is 0.381 e. The first kappa shape index (κ1) is 33.6. The van der Waals surface area contributed by atoms with Crippen LogP contribution in [0.2, 0.25) is 0 Å². The Morgan fingerprint density at radius 2 is 1.38 bits per heavy atom. The van der Waals surface area contributed by atoms with Gasteiger partial charge < -0.3 is 33.2 Å². The minimum Gasteiger partial charge on any atom is -0.381 e. The molecule has 8 nitrogen and oxygen atoms in total. The van der Waals surface area contributed by atoms with E-state index in [1.807, 2.05) is 41.5 Å². The molecule has 0 radical (unpaired) electrons. The number of halogens is 1. The summed E-state index contributed by atoms with van der Waals surface area (Å²) < 4.78 is 58.1. The number of ether oxygens (including phenoxy) is 7. The van der Waals surface area contributed by atoms with Crippen molar-refractivity contribution in [3.8, 4) is 0 Å². The van der Waals surface area contributed by atoms with E-state index >= 15 is 4.53 Å². The van der Waals surface area contributed by atoms with Crippen LogP contribution in [-0.2, 0) is 38.1 Å². The Morgan fingerprint density at radius 1 is 0.765 bits per heavy atom. The number of methoxy groups -OCH3 is 1. The fourth-order valence-electron chi connectivity index (χ4n) is 3.27. The van der Waals surface area contributed by atoms with Gasteiger partial charge in [-0.05, 0) is 57.4 Å². The lowest BCUT2D eigenvalue weighted by Crippen LogP contribution is -2.76. The third kappa shape index (κ3) is 8.92. The number of rotatable bonds is 22. The maximum atomic E-state index is 15.2. The molecule has 0 amide bonds. The quantitative estimate of drug-likeness (QED) is 0.138. The van der Waals surface area contributed by atoms with E-state index in [1.54, 1.807) is 20.8 Å². The van der Waals surface area contributed by atoms with Crippen molar-refractivity contribution in [2.45, 2.75) is 118 Å². The second-order valence-electron chi connectivity index (χ2n) is 9.14. The summed E-state index contributed by atoms with van der Waals surface area (Å²) in [6.45, 7) is 17.4. The standard InChI is InChI=1S/C25H51FO8/c1-11-15-17-30-25(31-18-20(5)6,33-22(9)13-3)23(34-26,19-27-10)24(28-14-4,29-16-12-2)32-21(7)8/h20-22H,11-19H2,1-10H3. The van der Waals surface area contributed by atoms with E-state index in [9.17, 15) is 0 Å². The van der Waals surface area contributed by atoms with Crippen molar-refractivity contribution in [3.63, 3.8) is 0 Å². The lowest BCUT2D eigenvalue weighted by Gasteiger charge is -2.53. The van der Waals surface area contributed by atoms with Crippen molar-refractivity contribution < 1.29 is 42.6 Å². The van der Waals surface area contributed by atoms with Crippen LogP contribution in [-0.4, -0.2) is 69.9 Å². The van der Waals surface area contributed by atoms with Crippen molar-refractivity contribution in [2.24, 2.45) is 5.92 Å². The summed E-state index contributed by atoms with van der Waals surface area (Å²) >= 11 is 0. The molecule has 0 aromatic heterocycles. The molecule has 0 fully saturated rings. The second-order valence-corrected chi connectivity index (χ2v) is 9.14. The van der Waals surface area contributed by atoms with E-state index in [1.165, 1.54) is 7.11 Å². The lowest BCUT2D eigenvalue weighted by molar-refractivity contribution is -0.572. The van der Waals surface area contributed by atoms with Gasteiger partial charge >= 0.3 is 11.9 Å². The molecule has 0 saturated heterocycles. The van der Waals surface area contributed by atoms with Gasteiger partial charge in [0.2, 0.25) is 0 Å². The molecule has 0 aliphatic heterocycles. The molecule has 206 valence electrons. The molecular weight excluding hydrogens is 447 g/mol. The van der Waals surface area contributed by atoms with E-state index in [0.717, 1.165) is 6.42 Å². The van der Waals surface area contributed by atoms with E-state index < -0.39 is 30.3 Å². The highest BCUT2D eigenvalue weighted by Crippen LogP contribution is 2.47. The molecule has 0 saturated carbocycles. The highest BCUT2D eigenvalue weighted by atomic mass is 19.3. The van der Waals surface area contributed by atoms with Crippen molar-refractivity contribution in [1.29, 1.82) is 0 Å². The summed E-state index contributed by atoms with van der Waals surface area (Å²) in [5, 5.41) is 0. The Hall–Kier alpha value is -0.390. The lowest BCUT2D eigenvalue weighted by atomic mass is 9.96. The molecule has 0 heterocycles. The third-order valence-corrected chi connectivity index (χ3v) is 5.02. The fraction of sp³-hybridized carbons (Fsp3) is 1.00. The van der Waals surface area contributed by atoms with Gasteiger partial charge in [0.25, 0.3) is 5.60 Å². The average molecular weight is 499 g/mol. The van der Waals surface area contributed by atoms with E-state index in [-0.39, 0.29) is 38.4 Å². The molecular formula is C25H51FO8. The van der Waals surface area contributed by atoms with E-state index in [4.69, 9.17) is 38.1 Å². The Morgan fingerprint density at radius 3 is 1.82 bits per heavy atom. The van der Waals surface area contributed by atoms with Crippen LogP contribution in [0.15, 0.2) is 0 Å². The minimum atomic E-state index is -2.25. The molecule has 0 aromatic carbocycles. The smallest absolute Gasteiger partial charge is 0.328 e. The van der Waals surface area contributed by atoms with Crippen LogP contribution in [0.4, 0.5) is 4.53 Å². The van der Waals surface area contributed by atoms with Gasteiger partial charge in [-0.3, -0.25) is 0 Å².